The number of hydrogen-bond donors (Lipinski definition) is 3. The molecule has 0 radical (unpaired) electrons. The molecule has 0 amide bonds. The molecule has 100 valence electrons. The van der Waals surface area contributed by atoms with Gasteiger partial charge in [-0.25, -0.2) is 13.1 Å². The first-order chi connectivity index (χ1) is 8.22. The predicted molar refractivity (Wildman–Crippen MR) is 69.6 cm³/mol. The number of nitrogens with one attached hydrogen (secondary N) is 1. The van der Waals surface area contributed by atoms with Gasteiger partial charge in [-0.2, -0.15) is 0 Å². The standard InChI is InChI=1S/C12H18N2O3S/c1-12(2)6-8(12)7-14-18(16,17)9-3-4-11(15)10(13)5-9/h3-5,8,14-15H,6-7,13H2,1-2H3. The van der Waals surface area contributed by atoms with Crippen molar-refractivity contribution in [3.05, 3.63) is 18.2 Å². The van der Waals surface area contributed by atoms with Crippen molar-refractivity contribution < 1.29 is 13.5 Å². The van der Waals surface area contributed by atoms with Crippen molar-refractivity contribution in [2.75, 3.05) is 12.3 Å². The van der Waals surface area contributed by atoms with Crippen molar-refractivity contribution in [3.63, 3.8) is 0 Å². The molecule has 1 aliphatic carbocycles. The van der Waals surface area contributed by atoms with Gasteiger partial charge in [-0.3, -0.25) is 0 Å². The number of sulfonamides is 1. The minimum absolute atomic E-state index is 0.0598. The Labute approximate surface area is 107 Å². The fourth-order valence-corrected chi connectivity index (χ4v) is 3.03. The number of hydrogen-bond acceptors (Lipinski definition) is 4. The van der Waals surface area contributed by atoms with Gasteiger partial charge in [0.1, 0.15) is 5.75 Å². The van der Waals surface area contributed by atoms with Crippen LogP contribution in [0.25, 0.3) is 0 Å². The van der Waals surface area contributed by atoms with Crippen LogP contribution in [-0.4, -0.2) is 20.1 Å². The average Bonchev–Trinajstić information content (AvgIpc) is 2.88. The van der Waals surface area contributed by atoms with E-state index < -0.39 is 10.0 Å². The third kappa shape index (κ3) is 2.59. The molecule has 0 heterocycles. The molecule has 1 unspecified atom stereocenters. The maximum Gasteiger partial charge on any atom is 0.240 e. The highest BCUT2D eigenvalue weighted by Crippen LogP contribution is 2.51. The third-order valence-electron chi connectivity index (χ3n) is 3.55. The van der Waals surface area contributed by atoms with Crippen LogP contribution >= 0.6 is 0 Å². The smallest absolute Gasteiger partial charge is 0.240 e. The molecule has 0 saturated heterocycles. The Bertz CT molecular complexity index is 567. The van der Waals surface area contributed by atoms with E-state index in [1.54, 1.807) is 0 Å². The normalized spacial score (nSPS) is 21.8. The fraction of sp³-hybridized carbons (Fsp3) is 0.500. The van der Waals surface area contributed by atoms with Crippen LogP contribution in [0, 0.1) is 11.3 Å². The highest BCUT2D eigenvalue weighted by molar-refractivity contribution is 7.89. The first kappa shape index (κ1) is 13.2. The summed E-state index contributed by atoms with van der Waals surface area (Å²) < 4.78 is 26.6. The molecule has 0 spiro atoms. The quantitative estimate of drug-likeness (QED) is 0.568. The highest BCUT2D eigenvalue weighted by Gasteiger charge is 2.45. The van der Waals surface area contributed by atoms with Crippen LogP contribution in [0.5, 0.6) is 5.75 Å². The number of aromatic hydroxyl groups is 1. The van der Waals surface area contributed by atoms with Crippen molar-refractivity contribution >= 4 is 15.7 Å². The summed E-state index contributed by atoms with van der Waals surface area (Å²) in [7, 11) is -3.55. The summed E-state index contributed by atoms with van der Waals surface area (Å²) in [5, 5.41) is 9.27. The van der Waals surface area contributed by atoms with Crippen LogP contribution < -0.4 is 10.5 Å². The van der Waals surface area contributed by atoms with E-state index in [2.05, 4.69) is 18.6 Å². The van der Waals surface area contributed by atoms with Gasteiger partial charge in [0.25, 0.3) is 0 Å². The third-order valence-corrected chi connectivity index (χ3v) is 4.97. The number of anilines is 1. The second kappa shape index (κ2) is 4.13. The van der Waals surface area contributed by atoms with Crippen molar-refractivity contribution in [3.8, 4) is 5.75 Å². The first-order valence-corrected chi connectivity index (χ1v) is 7.29. The molecule has 1 aromatic carbocycles. The molecule has 1 fully saturated rings. The molecular weight excluding hydrogens is 252 g/mol. The molecule has 5 nitrogen and oxygen atoms in total. The molecule has 1 atom stereocenters. The molecule has 6 heteroatoms. The molecule has 4 N–H and O–H groups in total. The number of nitrogens with two attached hydrogens (primary N) is 1. The summed E-state index contributed by atoms with van der Waals surface area (Å²) in [5.74, 6) is 0.277. The Hall–Kier alpha value is -1.27. The summed E-state index contributed by atoms with van der Waals surface area (Å²) in [5.41, 5.74) is 5.78. The van der Waals surface area contributed by atoms with E-state index in [-0.39, 0.29) is 21.7 Å². The van der Waals surface area contributed by atoms with Gasteiger partial charge in [0.2, 0.25) is 10.0 Å². The molecule has 2 rings (SSSR count). The zero-order chi connectivity index (χ0) is 13.6. The summed E-state index contributed by atoms with van der Waals surface area (Å²) >= 11 is 0. The van der Waals surface area contributed by atoms with Crippen LogP contribution in [0.15, 0.2) is 23.1 Å². The van der Waals surface area contributed by atoms with E-state index in [4.69, 9.17) is 5.73 Å². The number of phenols is 1. The molecular formula is C12H18N2O3S. The Morgan fingerprint density at radius 1 is 1.50 bits per heavy atom. The van der Waals surface area contributed by atoms with E-state index in [9.17, 15) is 13.5 Å². The van der Waals surface area contributed by atoms with Gasteiger partial charge in [-0.05, 0) is 36.0 Å². The summed E-state index contributed by atoms with van der Waals surface area (Å²) in [4.78, 5) is 0.0799. The summed E-state index contributed by atoms with van der Waals surface area (Å²) in [6.45, 7) is 4.67. The average molecular weight is 270 g/mol. The van der Waals surface area contributed by atoms with E-state index >= 15 is 0 Å². The van der Waals surface area contributed by atoms with Gasteiger partial charge in [0.15, 0.2) is 0 Å². The van der Waals surface area contributed by atoms with E-state index in [1.807, 2.05) is 0 Å². The van der Waals surface area contributed by atoms with Crippen LogP contribution in [0.1, 0.15) is 20.3 Å². The number of rotatable bonds is 4. The Balaban J connectivity index is 2.08. The molecule has 1 aliphatic rings. The van der Waals surface area contributed by atoms with Gasteiger partial charge >= 0.3 is 0 Å². The summed E-state index contributed by atoms with van der Waals surface area (Å²) in [6, 6.07) is 3.88. The lowest BCUT2D eigenvalue weighted by Gasteiger charge is -2.09. The largest absolute Gasteiger partial charge is 0.506 e. The molecule has 0 bridgehead atoms. The first-order valence-electron chi connectivity index (χ1n) is 5.80. The lowest BCUT2D eigenvalue weighted by molar-refractivity contribution is 0.477. The zero-order valence-corrected chi connectivity index (χ0v) is 11.3. The SMILES string of the molecule is CC1(C)CC1CNS(=O)(=O)c1ccc(O)c(N)c1. The van der Waals surface area contributed by atoms with Crippen LogP contribution in [0.4, 0.5) is 5.69 Å². The van der Waals surface area contributed by atoms with Gasteiger partial charge in [0.05, 0.1) is 10.6 Å². The van der Waals surface area contributed by atoms with Crippen molar-refractivity contribution in [2.24, 2.45) is 11.3 Å². The molecule has 18 heavy (non-hydrogen) atoms. The second-order valence-corrected chi connectivity index (χ2v) is 7.23. The monoisotopic (exact) mass is 270 g/mol. The summed E-state index contributed by atoms with van der Waals surface area (Å²) in [6.07, 6.45) is 1.03. The Kier molecular flexibility index (Phi) is 3.03. The van der Waals surface area contributed by atoms with E-state index in [0.717, 1.165) is 6.42 Å². The van der Waals surface area contributed by atoms with E-state index in [0.29, 0.717) is 12.5 Å². The van der Waals surface area contributed by atoms with Gasteiger partial charge in [0, 0.05) is 6.54 Å². The molecule has 1 saturated carbocycles. The van der Waals surface area contributed by atoms with Gasteiger partial charge < -0.3 is 10.8 Å². The van der Waals surface area contributed by atoms with E-state index in [1.165, 1.54) is 18.2 Å². The second-order valence-electron chi connectivity index (χ2n) is 5.46. The highest BCUT2D eigenvalue weighted by atomic mass is 32.2. The maximum atomic E-state index is 12.0. The molecule has 1 aromatic rings. The lowest BCUT2D eigenvalue weighted by Crippen LogP contribution is -2.26. The topological polar surface area (TPSA) is 92.4 Å². The number of nitrogen functional groups attached to an aromatic ring is 1. The molecule has 0 aromatic heterocycles. The number of phenolic OH excluding ortho intramolecular Hbond substituents is 1. The van der Waals surface area contributed by atoms with Crippen molar-refractivity contribution in [1.29, 1.82) is 0 Å². The Morgan fingerprint density at radius 2 is 2.11 bits per heavy atom. The zero-order valence-electron chi connectivity index (χ0n) is 10.5. The van der Waals surface area contributed by atoms with Gasteiger partial charge in [-0.1, -0.05) is 13.8 Å². The predicted octanol–water partition coefficient (Wildman–Crippen LogP) is 1.30. The molecule has 0 aliphatic heterocycles. The van der Waals surface area contributed by atoms with Gasteiger partial charge in [-0.15, -0.1) is 0 Å². The van der Waals surface area contributed by atoms with Crippen LogP contribution in [0.2, 0.25) is 0 Å². The maximum absolute atomic E-state index is 12.0. The fourth-order valence-electron chi connectivity index (χ4n) is 1.92. The van der Waals surface area contributed by atoms with Crippen LogP contribution in [-0.2, 0) is 10.0 Å². The minimum Gasteiger partial charge on any atom is -0.506 e. The Morgan fingerprint density at radius 3 is 2.61 bits per heavy atom. The minimum atomic E-state index is -3.55. The van der Waals surface area contributed by atoms with Crippen LogP contribution in [0.3, 0.4) is 0 Å². The number of benzene rings is 1. The lowest BCUT2D eigenvalue weighted by atomic mass is 10.1. The van der Waals surface area contributed by atoms with Crippen molar-refractivity contribution in [2.45, 2.75) is 25.2 Å². The van der Waals surface area contributed by atoms with Crippen molar-refractivity contribution in [1.82, 2.24) is 4.72 Å².